The fourth-order valence-corrected chi connectivity index (χ4v) is 2.79. The molecule has 1 N–H and O–H groups in total. The molecular formula is C15H8O5S. The minimum absolute atomic E-state index is 0.211. The molecule has 0 atom stereocenters. The molecule has 0 amide bonds. The molecule has 0 aliphatic carbocycles. The quantitative estimate of drug-likeness (QED) is 0.693. The minimum atomic E-state index is -0.981. The van der Waals surface area contributed by atoms with Crippen molar-refractivity contribution >= 4 is 29.7 Å². The summed E-state index contributed by atoms with van der Waals surface area (Å²) in [7, 11) is 0. The van der Waals surface area contributed by atoms with Crippen LogP contribution in [0.3, 0.4) is 0 Å². The largest absolute Gasteiger partial charge is 0.478 e. The van der Waals surface area contributed by atoms with Crippen LogP contribution in [0, 0.1) is 0 Å². The fourth-order valence-electron chi connectivity index (χ4n) is 1.93. The van der Waals surface area contributed by atoms with Crippen molar-refractivity contribution in [3.63, 3.8) is 0 Å². The summed E-state index contributed by atoms with van der Waals surface area (Å²) >= 11 is 1.37. The number of hydrogen-bond acceptors (Lipinski definition) is 5. The van der Waals surface area contributed by atoms with E-state index < -0.39 is 17.9 Å². The predicted molar refractivity (Wildman–Crippen MR) is 73.7 cm³/mol. The van der Waals surface area contributed by atoms with Gasteiger partial charge >= 0.3 is 17.9 Å². The molecule has 3 rings (SSSR count). The van der Waals surface area contributed by atoms with Crippen molar-refractivity contribution in [2.75, 3.05) is 0 Å². The van der Waals surface area contributed by atoms with E-state index in [-0.39, 0.29) is 16.7 Å². The smallest absolute Gasteiger partial charge is 0.346 e. The lowest BCUT2D eigenvalue weighted by atomic mass is 10.1. The van der Waals surface area contributed by atoms with Crippen LogP contribution in [-0.2, 0) is 4.74 Å². The van der Waals surface area contributed by atoms with E-state index in [9.17, 15) is 14.4 Å². The van der Waals surface area contributed by atoms with E-state index in [2.05, 4.69) is 4.74 Å². The number of aromatic carboxylic acids is 1. The van der Waals surface area contributed by atoms with Gasteiger partial charge in [0, 0.05) is 9.79 Å². The molecule has 0 bridgehead atoms. The number of hydrogen-bond donors (Lipinski definition) is 1. The van der Waals surface area contributed by atoms with Gasteiger partial charge in [-0.15, -0.1) is 0 Å². The summed E-state index contributed by atoms with van der Waals surface area (Å²) < 4.78 is 4.53. The van der Waals surface area contributed by atoms with Crippen molar-refractivity contribution in [2.24, 2.45) is 0 Å². The second-order valence-electron chi connectivity index (χ2n) is 4.32. The first-order valence-electron chi connectivity index (χ1n) is 5.96. The average Bonchev–Trinajstić information content (AvgIpc) is 2.74. The molecule has 104 valence electrons. The molecule has 0 saturated carbocycles. The number of carbonyl (C=O) groups excluding carboxylic acids is 2. The maximum Gasteiger partial charge on any atom is 0.346 e. The van der Waals surface area contributed by atoms with Crippen LogP contribution in [0.4, 0.5) is 0 Å². The number of carbonyl (C=O) groups is 3. The Kier molecular flexibility index (Phi) is 3.23. The highest BCUT2D eigenvalue weighted by Crippen LogP contribution is 2.31. The van der Waals surface area contributed by atoms with Crippen LogP contribution in [0.2, 0.25) is 0 Å². The average molecular weight is 300 g/mol. The highest BCUT2D eigenvalue weighted by molar-refractivity contribution is 7.99. The summed E-state index contributed by atoms with van der Waals surface area (Å²) in [4.78, 5) is 35.2. The van der Waals surface area contributed by atoms with Gasteiger partial charge in [0.2, 0.25) is 0 Å². The van der Waals surface area contributed by atoms with E-state index in [1.807, 2.05) is 0 Å². The Morgan fingerprint density at radius 1 is 0.905 bits per heavy atom. The highest BCUT2D eigenvalue weighted by atomic mass is 32.2. The molecule has 1 heterocycles. The molecule has 0 aromatic heterocycles. The molecule has 0 saturated heterocycles. The molecule has 6 heteroatoms. The Morgan fingerprint density at radius 2 is 1.52 bits per heavy atom. The van der Waals surface area contributed by atoms with Crippen molar-refractivity contribution in [1.29, 1.82) is 0 Å². The van der Waals surface area contributed by atoms with Crippen LogP contribution in [0.5, 0.6) is 0 Å². The van der Waals surface area contributed by atoms with Crippen LogP contribution in [-0.4, -0.2) is 23.0 Å². The fraction of sp³-hybridized carbons (Fsp3) is 0. The first kappa shape index (κ1) is 13.4. The highest BCUT2D eigenvalue weighted by Gasteiger charge is 2.29. The van der Waals surface area contributed by atoms with Crippen LogP contribution in [0.15, 0.2) is 52.3 Å². The van der Waals surface area contributed by atoms with Gasteiger partial charge < -0.3 is 9.84 Å². The maximum atomic E-state index is 11.5. The lowest BCUT2D eigenvalue weighted by Gasteiger charge is -2.03. The Labute approximate surface area is 123 Å². The lowest BCUT2D eigenvalue weighted by Crippen LogP contribution is -1.96. The number of carboxylic acid groups (broad SMARTS) is 1. The van der Waals surface area contributed by atoms with Crippen molar-refractivity contribution in [2.45, 2.75) is 9.79 Å². The van der Waals surface area contributed by atoms with Crippen molar-refractivity contribution in [3.8, 4) is 0 Å². The maximum absolute atomic E-state index is 11.5. The van der Waals surface area contributed by atoms with Crippen LogP contribution in [0.1, 0.15) is 31.1 Å². The molecule has 0 fully saturated rings. The molecular weight excluding hydrogens is 292 g/mol. The Bertz CT molecular complexity index is 764. The second kappa shape index (κ2) is 5.06. The third-order valence-corrected chi connectivity index (χ3v) is 3.95. The van der Waals surface area contributed by atoms with E-state index >= 15 is 0 Å². The van der Waals surface area contributed by atoms with E-state index in [1.54, 1.807) is 30.3 Å². The third kappa shape index (κ3) is 2.53. The van der Waals surface area contributed by atoms with Gasteiger partial charge in [-0.25, -0.2) is 14.4 Å². The van der Waals surface area contributed by atoms with Gasteiger partial charge in [0.25, 0.3) is 0 Å². The van der Waals surface area contributed by atoms with Gasteiger partial charge in [0.05, 0.1) is 16.7 Å². The molecule has 2 aromatic rings. The lowest BCUT2D eigenvalue weighted by molar-refractivity contribution is 0.0443. The van der Waals surface area contributed by atoms with Gasteiger partial charge in [0.15, 0.2) is 0 Å². The third-order valence-electron chi connectivity index (χ3n) is 2.95. The van der Waals surface area contributed by atoms with E-state index in [0.29, 0.717) is 0 Å². The monoisotopic (exact) mass is 300 g/mol. The van der Waals surface area contributed by atoms with Crippen molar-refractivity contribution in [1.82, 2.24) is 0 Å². The Morgan fingerprint density at radius 3 is 2.19 bits per heavy atom. The van der Waals surface area contributed by atoms with Gasteiger partial charge in [0.1, 0.15) is 0 Å². The van der Waals surface area contributed by atoms with Gasteiger partial charge in [-0.05, 0) is 42.5 Å². The molecule has 1 aliphatic heterocycles. The number of rotatable bonds is 3. The molecule has 5 nitrogen and oxygen atoms in total. The summed E-state index contributed by atoms with van der Waals surface area (Å²) in [6.07, 6.45) is 0. The van der Waals surface area contributed by atoms with Gasteiger partial charge in [-0.1, -0.05) is 11.8 Å². The summed E-state index contributed by atoms with van der Waals surface area (Å²) in [5.41, 5.74) is 0.736. The number of cyclic esters (lactones) is 2. The standard InChI is InChI=1S/C15H8O5S/c16-13(17)8-1-3-9(4-2-8)21-10-5-6-11-12(7-10)15(19)20-14(11)18/h1-7H,(H,16,17). The SMILES string of the molecule is O=C(O)c1ccc(Sc2ccc3c(c2)C(=O)OC3=O)cc1. The number of fused-ring (bicyclic) bond motifs is 1. The van der Waals surface area contributed by atoms with E-state index in [4.69, 9.17) is 5.11 Å². The van der Waals surface area contributed by atoms with Crippen LogP contribution >= 0.6 is 11.8 Å². The molecule has 1 aliphatic rings. The summed E-state index contributed by atoms with van der Waals surface area (Å²) in [5.74, 6) is -2.25. The number of benzene rings is 2. The van der Waals surface area contributed by atoms with E-state index in [1.165, 1.54) is 23.9 Å². The first-order valence-corrected chi connectivity index (χ1v) is 6.78. The summed E-state index contributed by atoms with van der Waals surface area (Å²) in [6, 6.07) is 11.3. The zero-order chi connectivity index (χ0) is 15.0. The summed E-state index contributed by atoms with van der Waals surface area (Å²) in [6.45, 7) is 0. The summed E-state index contributed by atoms with van der Waals surface area (Å²) in [5, 5.41) is 8.84. The van der Waals surface area contributed by atoms with Crippen molar-refractivity contribution < 1.29 is 24.2 Å². The molecule has 0 spiro atoms. The van der Waals surface area contributed by atoms with Gasteiger partial charge in [-0.2, -0.15) is 0 Å². The number of carboxylic acids is 1. The van der Waals surface area contributed by atoms with Crippen molar-refractivity contribution in [3.05, 3.63) is 59.2 Å². The molecule has 2 aromatic carbocycles. The number of esters is 2. The predicted octanol–water partition coefficient (Wildman–Crippen LogP) is 2.85. The zero-order valence-corrected chi connectivity index (χ0v) is 11.3. The topological polar surface area (TPSA) is 80.7 Å². The Balaban J connectivity index is 1.86. The zero-order valence-electron chi connectivity index (χ0n) is 10.5. The molecule has 0 radical (unpaired) electrons. The second-order valence-corrected chi connectivity index (χ2v) is 5.46. The normalized spacial score (nSPS) is 13.0. The first-order chi connectivity index (χ1) is 10.0. The van der Waals surface area contributed by atoms with E-state index in [0.717, 1.165) is 9.79 Å². The van der Waals surface area contributed by atoms with Crippen LogP contribution < -0.4 is 0 Å². The number of ether oxygens (including phenoxy) is 1. The van der Waals surface area contributed by atoms with Crippen LogP contribution in [0.25, 0.3) is 0 Å². The minimum Gasteiger partial charge on any atom is -0.478 e. The van der Waals surface area contributed by atoms with Gasteiger partial charge in [-0.3, -0.25) is 0 Å². The molecule has 21 heavy (non-hydrogen) atoms. The Hall–Kier alpha value is -2.60. The molecule has 0 unspecified atom stereocenters.